The maximum Gasteiger partial charge on any atom is 0.241 e. The van der Waals surface area contributed by atoms with Crippen molar-refractivity contribution in [2.75, 3.05) is 38.0 Å². The Morgan fingerprint density at radius 1 is 0.923 bits per heavy atom. The van der Waals surface area contributed by atoms with Crippen LogP contribution in [0.4, 0.5) is 5.69 Å². The second-order valence-corrected chi connectivity index (χ2v) is 5.70. The van der Waals surface area contributed by atoms with E-state index in [4.69, 9.17) is 0 Å². The van der Waals surface area contributed by atoms with Crippen LogP contribution in [-0.2, 0) is 11.3 Å². The van der Waals surface area contributed by atoms with Gasteiger partial charge >= 0.3 is 0 Å². The van der Waals surface area contributed by atoms with Gasteiger partial charge < -0.3 is 10.2 Å². The highest BCUT2D eigenvalue weighted by Crippen LogP contribution is 2.08. The molecule has 5 nitrogen and oxygen atoms in total. The number of benzene rings is 1. The van der Waals surface area contributed by atoms with Gasteiger partial charge in [0.25, 0.3) is 0 Å². The molecule has 1 amide bonds. The van der Waals surface area contributed by atoms with E-state index in [1.807, 2.05) is 59.6 Å². The summed E-state index contributed by atoms with van der Waals surface area (Å²) >= 11 is 0. The average Bonchev–Trinajstić information content (AvgIpc) is 2.62. The van der Waals surface area contributed by atoms with Crippen LogP contribution in [-0.4, -0.2) is 53.4 Å². The SMILES string of the molecule is Cl.Cl.Cl.O=C(CNc1ccccc1)N1CCN(Cc2ccccn2)CC1. The van der Waals surface area contributed by atoms with E-state index in [9.17, 15) is 4.79 Å². The fourth-order valence-electron chi connectivity index (χ4n) is 2.72. The number of anilines is 1. The first-order chi connectivity index (χ1) is 11.3. The van der Waals surface area contributed by atoms with Gasteiger partial charge in [-0.25, -0.2) is 0 Å². The maximum absolute atomic E-state index is 12.3. The zero-order chi connectivity index (χ0) is 15.9. The van der Waals surface area contributed by atoms with Gasteiger partial charge in [0.2, 0.25) is 5.91 Å². The van der Waals surface area contributed by atoms with E-state index in [0.29, 0.717) is 6.54 Å². The van der Waals surface area contributed by atoms with Crippen LogP contribution >= 0.6 is 37.2 Å². The Balaban J connectivity index is 0.00000208. The Morgan fingerprint density at radius 2 is 1.58 bits per heavy atom. The molecule has 0 bridgehead atoms. The van der Waals surface area contributed by atoms with Crippen LogP contribution in [0.2, 0.25) is 0 Å². The first-order valence-corrected chi connectivity index (χ1v) is 8.00. The molecule has 0 atom stereocenters. The van der Waals surface area contributed by atoms with Crippen LogP contribution in [0.1, 0.15) is 5.69 Å². The number of para-hydroxylation sites is 1. The lowest BCUT2D eigenvalue weighted by molar-refractivity contribution is -0.131. The van der Waals surface area contributed by atoms with Gasteiger partial charge in [0.15, 0.2) is 0 Å². The molecule has 1 aliphatic rings. The number of hydrogen-bond acceptors (Lipinski definition) is 4. The number of aromatic nitrogens is 1. The fourth-order valence-corrected chi connectivity index (χ4v) is 2.72. The third kappa shape index (κ3) is 7.38. The number of nitrogens with one attached hydrogen (secondary N) is 1. The summed E-state index contributed by atoms with van der Waals surface area (Å²) in [5.41, 5.74) is 2.06. The van der Waals surface area contributed by atoms with Crippen LogP contribution in [0.25, 0.3) is 0 Å². The molecule has 1 N–H and O–H groups in total. The number of nitrogens with zero attached hydrogens (tertiary/aromatic N) is 3. The minimum atomic E-state index is 0. The van der Waals surface area contributed by atoms with Gasteiger partial charge in [-0.1, -0.05) is 24.3 Å². The standard InChI is InChI=1S/C18H22N4O.3ClH/c23-18(14-20-16-6-2-1-3-7-16)22-12-10-21(11-13-22)15-17-8-4-5-9-19-17;;;/h1-9,20H,10-15H2;3*1H. The number of halogens is 3. The lowest BCUT2D eigenvalue weighted by Crippen LogP contribution is -2.49. The molecule has 0 radical (unpaired) electrons. The minimum absolute atomic E-state index is 0. The van der Waals surface area contributed by atoms with Gasteiger partial charge in [-0.15, -0.1) is 37.2 Å². The Labute approximate surface area is 173 Å². The van der Waals surface area contributed by atoms with Crippen molar-refractivity contribution in [2.24, 2.45) is 0 Å². The number of rotatable bonds is 5. The highest BCUT2D eigenvalue weighted by Gasteiger charge is 2.20. The van der Waals surface area contributed by atoms with Gasteiger partial charge in [0, 0.05) is 44.6 Å². The second-order valence-electron chi connectivity index (χ2n) is 5.70. The van der Waals surface area contributed by atoms with Crippen LogP contribution in [0.15, 0.2) is 54.7 Å². The van der Waals surface area contributed by atoms with Crippen molar-refractivity contribution in [3.8, 4) is 0 Å². The van der Waals surface area contributed by atoms with Crippen LogP contribution in [0.3, 0.4) is 0 Å². The van der Waals surface area contributed by atoms with Crippen molar-refractivity contribution in [1.29, 1.82) is 0 Å². The molecule has 1 aromatic carbocycles. The Kier molecular flexibility index (Phi) is 12.0. The molecule has 1 aromatic heterocycles. The quantitative estimate of drug-likeness (QED) is 0.809. The summed E-state index contributed by atoms with van der Waals surface area (Å²) in [5, 5.41) is 3.18. The van der Waals surface area contributed by atoms with Crippen LogP contribution < -0.4 is 5.32 Å². The first kappa shape index (κ1) is 24.5. The first-order valence-electron chi connectivity index (χ1n) is 8.00. The predicted molar refractivity (Wildman–Crippen MR) is 113 cm³/mol. The lowest BCUT2D eigenvalue weighted by Gasteiger charge is -2.34. The molecule has 0 unspecified atom stereocenters. The maximum atomic E-state index is 12.3. The number of carbonyl (C=O) groups excluding carboxylic acids is 1. The van der Waals surface area contributed by atoms with Crippen molar-refractivity contribution in [3.63, 3.8) is 0 Å². The summed E-state index contributed by atoms with van der Waals surface area (Å²) in [6.45, 7) is 4.56. The van der Waals surface area contributed by atoms with E-state index in [1.54, 1.807) is 0 Å². The van der Waals surface area contributed by atoms with E-state index in [2.05, 4.69) is 15.2 Å². The molecule has 1 saturated heterocycles. The van der Waals surface area contributed by atoms with Crippen molar-refractivity contribution < 1.29 is 4.79 Å². The second kappa shape index (κ2) is 12.8. The molecule has 0 saturated carbocycles. The number of hydrogen-bond donors (Lipinski definition) is 1. The molecule has 2 heterocycles. The predicted octanol–water partition coefficient (Wildman–Crippen LogP) is 3.10. The zero-order valence-corrected chi connectivity index (χ0v) is 16.9. The summed E-state index contributed by atoms with van der Waals surface area (Å²) in [7, 11) is 0. The minimum Gasteiger partial charge on any atom is -0.376 e. The molecule has 1 aliphatic heterocycles. The molecule has 1 fully saturated rings. The van der Waals surface area contributed by atoms with Gasteiger partial charge in [-0.05, 0) is 24.3 Å². The molecule has 8 heteroatoms. The van der Waals surface area contributed by atoms with Crippen molar-refractivity contribution in [3.05, 3.63) is 60.4 Å². The van der Waals surface area contributed by atoms with E-state index >= 15 is 0 Å². The van der Waals surface area contributed by atoms with Gasteiger partial charge in [-0.2, -0.15) is 0 Å². The molecule has 144 valence electrons. The van der Waals surface area contributed by atoms with Gasteiger partial charge in [0.05, 0.1) is 12.2 Å². The average molecular weight is 420 g/mol. The molecule has 26 heavy (non-hydrogen) atoms. The van der Waals surface area contributed by atoms with Crippen molar-refractivity contribution >= 4 is 48.8 Å². The van der Waals surface area contributed by atoms with E-state index in [1.165, 1.54) is 0 Å². The highest BCUT2D eigenvalue weighted by molar-refractivity contribution is 5.86. The number of pyridine rings is 1. The number of amides is 1. The summed E-state index contributed by atoms with van der Waals surface area (Å²) in [6.07, 6.45) is 1.82. The number of carbonyl (C=O) groups is 1. The van der Waals surface area contributed by atoms with E-state index < -0.39 is 0 Å². The highest BCUT2D eigenvalue weighted by atomic mass is 35.5. The van der Waals surface area contributed by atoms with Crippen molar-refractivity contribution in [2.45, 2.75) is 6.54 Å². The Hall–Kier alpha value is -1.53. The van der Waals surface area contributed by atoms with E-state index in [0.717, 1.165) is 44.1 Å². The molecular formula is C18H25Cl3N4O. The third-order valence-electron chi connectivity index (χ3n) is 4.05. The molecule has 3 rings (SSSR count). The fraction of sp³-hybridized carbons (Fsp3) is 0.333. The number of piperazine rings is 1. The zero-order valence-electron chi connectivity index (χ0n) is 14.4. The smallest absolute Gasteiger partial charge is 0.241 e. The monoisotopic (exact) mass is 418 g/mol. The molecule has 0 aliphatic carbocycles. The van der Waals surface area contributed by atoms with E-state index in [-0.39, 0.29) is 43.1 Å². The largest absolute Gasteiger partial charge is 0.376 e. The van der Waals surface area contributed by atoms with Crippen LogP contribution in [0.5, 0.6) is 0 Å². The summed E-state index contributed by atoms with van der Waals surface area (Å²) in [4.78, 5) is 20.9. The third-order valence-corrected chi connectivity index (χ3v) is 4.05. The molecule has 2 aromatic rings. The van der Waals surface area contributed by atoms with Gasteiger partial charge in [0.1, 0.15) is 0 Å². The lowest BCUT2D eigenvalue weighted by atomic mass is 10.2. The van der Waals surface area contributed by atoms with Gasteiger partial charge in [-0.3, -0.25) is 14.7 Å². The van der Waals surface area contributed by atoms with Crippen molar-refractivity contribution in [1.82, 2.24) is 14.8 Å². The van der Waals surface area contributed by atoms with Crippen LogP contribution in [0, 0.1) is 0 Å². The molecular weight excluding hydrogens is 395 g/mol. The molecule has 0 spiro atoms. The Morgan fingerprint density at radius 3 is 2.19 bits per heavy atom. The summed E-state index contributed by atoms with van der Waals surface area (Å²) in [5.74, 6) is 0.159. The summed E-state index contributed by atoms with van der Waals surface area (Å²) < 4.78 is 0. The normalized spacial score (nSPS) is 13.6. The summed E-state index contributed by atoms with van der Waals surface area (Å²) in [6, 6.07) is 15.8. The topological polar surface area (TPSA) is 48.5 Å². The Bertz CT molecular complexity index is 623.